The predicted molar refractivity (Wildman–Crippen MR) is 73.6 cm³/mol. The fourth-order valence-corrected chi connectivity index (χ4v) is 2.97. The molecule has 0 aromatic rings. The van der Waals surface area contributed by atoms with Crippen LogP contribution in [0.4, 0.5) is 0 Å². The zero-order valence-corrected chi connectivity index (χ0v) is 12.2. The van der Waals surface area contributed by atoms with Crippen molar-refractivity contribution in [3.8, 4) is 0 Å². The lowest BCUT2D eigenvalue weighted by Crippen LogP contribution is -2.48. The Morgan fingerprint density at radius 3 is 2.63 bits per heavy atom. The molecule has 0 aromatic carbocycles. The minimum Gasteiger partial charge on any atom is -0.344 e. The van der Waals surface area contributed by atoms with Crippen molar-refractivity contribution in [2.75, 3.05) is 33.2 Å². The maximum absolute atomic E-state index is 12.5. The zero-order chi connectivity index (χ0) is 14.0. The van der Waals surface area contributed by atoms with Gasteiger partial charge in [-0.25, -0.2) is 0 Å². The van der Waals surface area contributed by atoms with Crippen LogP contribution in [0.25, 0.3) is 0 Å². The Morgan fingerprint density at radius 1 is 1.32 bits per heavy atom. The van der Waals surface area contributed by atoms with Crippen LogP contribution in [0.1, 0.15) is 26.7 Å². The van der Waals surface area contributed by atoms with Crippen molar-refractivity contribution in [1.82, 2.24) is 15.1 Å². The van der Waals surface area contributed by atoms with Crippen LogP contribution in [0.15, 0.2) is 0 Å². The molecule has 2 amide bonds. The summed E-state index contributed by atoms with van der Waals surface area (Å²) in [5.41, 5.74) is 0. The summed E-state index contributed by atoms with van der Waals surface area (Å²) >= 11 is 0. The van der Waals surface area contributed by atoms with Crippen LogP contribution in [0.2, 0.25) is 0 Å². The molecular weight excluding hydrogens is 242 g/mol. The van der Waals surface area contributed by atoms with Crippen molar-refractivity contribution in [2.45, 2.75) is 32.7 Å². The highest BCUT2D eigenvalue weighted by atomic mass is 16.2. The van der Waals surface area contributed by atoms with Gasteiger partial charge in [0.1, 0.15) is 6.04 Å². The van der Waals surface area contributed by atoms with Crippen LogP contribution >= 0.6 is 0 Å². The van der Waals surface area contributed by atoms with Gasteiger partial charge < -0.3 is 15.1 Å². The van der Waals surface area contributed by atoms with E-state index >= 15 is 0 Å². The minimum absolute atomic E-state index is 0.00177. The molecule has 2 atom stereocenters. The number of carbonyl (C=O) groups excluding carboxylic acids is 2. The Morgan fingerprint density at radius 2 is 2.05 bits per heavy atom. The zero-order valence-electron chi connectivity index (χ0n) is 12.2. The molecular formula is C14H25N3O2. The highest BCUT2D eigenvalue weighted by Crippen LogP contribution is 2.18. The van der Waals surface area contributed by atoms with Gasteiger partial charge in [-0.3, -0.25) is 9.59 Å². The summed E-state index contributed by atoms with van der Waals surface area (Å²) in [5.74, 6) is 0.784. The summed E-state index contributed by atoms with van der Waals surface area (Å²) in [5, 5.41) is 2.85. The van der Waals surface area contributed by atoms with E-state index in [2.05, 4.69) is 17.3 Å². The van der Waals surface area contributed by atoms with Gasteiger partial charge >= 0.3 is 0 Å². The van der Waals surface area contributed by atoms with Gasteiger partial charge in [-0.05, 0) is 31.8 Å². The summed E-state index contributed by atoms with van der Waals surface area (Å²) in [6.45, 7) is 7.48. The summed E-state index contributed by atoms with van der Waals surface area (Å²) < 4.78 is 0. The minimum atomic E-state index is -0.353. The third kappa shape index (κ3) is 3.47. The molecule has 2 fully saturated rings. The number of likely N-dealkylation sites (tertiary alicyclic amines) is 1. The molecule has 0 aliphatic carbocycles. The molecule has 19 heavy (non-hydrogen) atoms. The van der Waals surface area contributed by atoms with Crippen LogP contribution in [-0.2, 0) is 9.59 Å². The number of carbonyl (C=O) groups is 2. The Bertz CT molecular complexity index is 357. The summed E-state index contributed by atoms with van der Waals surface area (Å²) in [7, 11) is 2.12. The van der Waals surface area contributed by atoms with Gasteiger partial charge in [-0.15, -0.1) is 0 Å². The second kappa shape index (κ2) is 5.90. The number of hydrogen-bond acceptors (Lipinski definition) is 3. The Kier molecular flexibility index (Phi) is 4.45. The first-order valence-corrected chi connectivity index (χ1v) is 7.24. The molecule has 2 heterocycles. The van der Waals surface area contributed by atoms with Gasteiger partial charge in [0.15, 0.2) is 0 Å². The molecule has 2 aliphatic heterocycles. The third-order valence-electron chi connectivity index (χ3n) is 4.14. The van der Waals surface area contributed by atoms with Crippen LogP contribution in [0, 0.1) is 11.8 Å². The van der Waals surface area contributed by atoms with Crippen LogP contribution in [-0.4, -0.2) is 60.9 Å². The Hall–Kier alpha value is -1.10. The third-order valence-corrected chi connectivity index (χ3v) is 4.14. The molecule has 1 N–H and O–H groups in total. The fraction of sp³-hybridized carbons (Fsp3) is 0.857. The van der Waals surface area contributed by atoms with E-state index in [-0.39, 0.29) is 23.8 Å². The number of hydrogen-bond donors (Lipinski definition) is 1. The molecule has 2 rings (SSSR count). The predicted octanol–water partition coefficient (Wildman–Crippen LogP) is 0.311. The average molecular weight is 267 g/mol. The van der Waals surface area contributed by atoms with Crippen LogP contribution < -0.4 is 5.32 Å². The second-order valence-electron chi connectivity index (χ2n) is 6.24. The van der Waals surface area contributed by atoms with Crippen LogP contribution in [0.5, 0.6) is 0 Å². The van der Waals surface area contributed by atoms with Crippen molar-refractivity contribution in [1.29, 1.82) is 0 Å². The molecule has 2 aliphatic rings. The van der Waals surface area contributed by atoms with E-state index in [1.807, 2.05) is 18.7 Å². The summed E-state index contributed by atoms with van der Waals surface area (Å²) in [4.78, 5) is 28.4. The lowest BCUT2D eigenvalue weighted by atomic mass is 10.0. The molecule has 2 saturated heterocycles. The monoisotopic (exact) mass is 267 g/mol. The summed E-state index contributed by atoms with van der Waals surface area (Å²) in [6.07, 6.45) is 1.57. The van der Waals surface area contributed by atoms with Crippen molar-refractivity contribution in [2.24, 2.45) is 11.8 Å². The van der Waals surface area contributed by atoms with Gasteiger partial charge in [0.05, 0.1) is 0 Å². The second-order valence-corrected chi connectivity index (χ2v) is 6.24. The highest BCUT2D eigenvalue weighted by Gasteiger charge is 2.33. The Labute approximate surface area is 115 Å². The smallest absolute Gasteiger partial charge is 0.245 e. The van der Waals surface area contributed by atoms with E-state index < -0.39 is 0 Å². The quantitative estimate of drug-likeness (QED) is 0.801. The normalized spacial score (nSPS) is 29.8. The number of amides is 2. The largest absolute Gasteiger partial charge is 0.344 e. The van der Waals surface area contributed by atoms with E-state index in [1.165, 1.54) is 0 Å². The highest BCUT2D eigenvalue weighted by molar-refractivity contribution is 5.90. The van der Waals surface area contributed by atoms with E-state index in [4.69, 9.17) is 0 Å². The molecule has 5 nitrogen and oxygen atoms in total. The first-order chi connectivity index (χ1) is 8.97. The van der Waals surface area contributed by atoms with E-state index in [1.54, 1.807) is 0 Å². The van der Waals surface area contributed by atoms with Crippen molar-refractivity contribution >= 4 is 11.8 Å². The first-order valence-electron chi connectivity index (χ1n) is 7.24. The molecule has 0 radical (unpaired) electrons. The van der Waals surface area contributed by atoms with Crippen molar-refractivity contribution in [3.63, 3.8) is 0 Å². The average Bonchev–Trinajstić information content (AvgIpc) is 2.69. The fourth-order valence-electron chi connectivity index (χ4n) is 2.97. The number of nitrogens with one attached hydrogen (secondary N) is 1. The standard InChI is InChI=1S/C14H25N3O2/c1-10(2)13-14(19)17(7-5-12(18)15-13)9-11-4-6-16(3)8-11/h10-11,13H,4-9H2,1-3H3,(H,15,18). The van der Waals surface area contributed by atoms with E-state index in [0.717, 1.165) is 26.1 Å². The van der Waals surface area contributed by atoms with E-state index in [0.29, 0.717) is 18.9 Å². The van der Waals surface area contributed by atoms with Gasteiger partial charge in [0.2, 0.25) is 11.8 Å². The first kappa shape index (κ1) is 14.3. The van der Waals surface area contributed by atoms with E-state index in [9.17, 15) is 9.59 Å². The summed E-state index contributed by atoms with van der Waals surface area (Å²) in [6, 6.07) is -0.353. The topological polar surface area (TPSA) is 52.7 Å². The lowest BCUT2D eigenvalue weighted by Gasteiger charge is -2.28. The van der Waals surface area contributed by atoms with Crippen LogP contribution in [0.3, 0.4) is 0 Å². The Balaban J connectivity index is 2.01. The molecule has 0 bridgehead atoms. The lowest BCUT2D eigenvalue weighted by molar-refractivity contribution is -0.135. The number of nitrogens with zero attached hydrogens (tertiary/aromatic N) is 2. The molecule has 5 heteroatoms. The maximum Gasteiger partial charge on any atom is 0.245 e. The molecule has 0 saturated carbocycles. The molecule has 0 aromatic heterocycles. The molecule has 0 spiro atoms. The SMILES string of the molecule is CC(C)C1NC(=O)CCN(CC2CCN(C)C2)C1=O. The van der Waals surface area contributed by atoms with Crippen molar-refractivity contribution < 1.29 is 9.59 Å². The van der Waals surface area contributed by atoms with Gasteiger partial charge in [0.25, 0.3) is 0 Å². The van der Waals surface area contributed by atoms with Gasteiger partial charge in [-0.1, -0.05) is 13.8 Å². The molecule has 108 valence electrons. The van der Waals surface area contributed by atoms with Crippen molar-refractivity contribution in [3.05, 3.63) is 0 Å². The van der Waals surface area contributed by atoms with Gasteiger partial charge in [0, 0.05) is 26.1 Å². The number of rotatable bonds is 3. The van der Waals surface area contributed by atoms with Gasteiger partial charge in [-0.2, -0.15) is 0 Å². The maximum atomic E-state index is 12.5. The molecule has 2 unspecified atom stereocenters.